The summed E-state index contributed by atoms with van der Waals surface area (Å²) < 4.78 is 9.01. The van der Waals surface area contributed by atoms with E-state index in [9.17, 15) is 0 Å². The minimum Gasteiger partial charge on any atom is -0.373 e. The number of aryl methyl sites for hydroxylation is 1. The molecule has 100 valence electrons. The lowest BCUT2D eigenvalue weighted by Crippen LogP contribution is -2.47. The van der Waals surface area contributed by atoms with Crippen molar-refractivity contribution in [1.82, 2.24) is 14.5 Å². The lowest BCUT2D eigenvalue weighted by molar-refractivity contribution is -0.0555. The number of nitrogens with zero attached hydrogens (tertiary/aromatic N) is 2. The summed E-state index contributed by atoms with van der Waals surface area (Å²) in [6.07, 6.45) is 5.93. The van der Waals surface area contributed by atoms with E-state index >= 15 is 0 Å². The normalized spacial score (nSPS) is 28.5. The van der Waals surface area contributed by atoms with Crippen molar-refractivity contribution in [3.63, 3.8) is 0 Å². The zero-order valence-electron chi connectivity index (χ0n) is 10.9. The summed E-state index contributed by atoms with van der Waals surface area (Å²) >= 11 is 5.34. The lowest BCUT2D eigenvalue weighted by Gasteiger charge is -2.35. The number of imidazole rings is 1. The molecule has 0 aliphatic carbocycles. The highest BCUT2D eigenvalue weighted by molar-refractivity contribution is 7.71. The first-order valence-corrected chi connectivity index (χ1v) is 7.31. The maximum absolute atomic E-state index is 6.00. The molecule has 5 heteroatoms. The van der Waals surface area contributed by atoms with E-state index in [-0.39, 0.29) is 6.10 Å². The number of fused-ring (bicyclic) bond motifs is 1. The predicted molar refractivity (Wildman–Crippen MR) is 73.3 cm³/mol. The van der Waals surface area contributed by atoms with Crippen molar-refractivity contribution in [1.29, 1.82) is 0 Å². The Labute approximate surface area is 113 Å². The summed E-state index contributed by atoms with van der Waals surface area (Å²) in [5.74, 6) is 0. The summed E-state index contributed by atoms with van der Waals surface area (Å²) in [5.41, 5.74) is 1.27. The third-order valence-corrected chi connectivity index (χ3v) is 4.50. The van der Waals surface area contributed by atoms with E-state index < -0.39 is 0 Å². The van der Waals surface area contributed by atoms with Crippen LogP contribution < -0.4 is 0 Å². The van der Waals surface area contributed by atoms with Gasteiger partial charge in [0.05, 0.1) is 19.3 Å². The number of aromatic nitrogens is 2. The molecule has 2 fully saturated rings. The summed E-state index contributed by atoms with van der Waals surface area (Å²) in [4.78, 5) is 5.71. The maximum atomic E-state index is 6.00. The zero-order valence-corrected chi connectivity index (χ0v) is 11.7. The first-order chi connectivity index (χ1) is 8.78. The molecule has 2 unspecified atom stereocenters. The van der Waals surface area contributed by atoms with Crippen LogP contribution in [0.3, 0.4) is 0 Å². The Morgan fingerprint density at radius 3 is 3.28 bits per heavy atom. The van der Waals surface area contributed by atoms with E-state index in [2.05, 4.69) is 21.4 Å². The Kier molecular flexibility index (Phi) is 3.54. The van der Waals surface area contributed by atoms with Gasteiger partial charge in [-0.2, -0.15) is 0 Å². The summed E-state index contributed by atoms with van der Waals surface area (Å²) in [5, 5.41) is 0. The Hall–Kier alpha value is -0.650. The Balaban J connectivity index is 1.69. The van der Waals surface area contributed by atoms with Crippen LogP contribution in [0.2, 0.25) is 0 Å². The average molecular weight is 267 g/mol. The number of aromatic amines is 1. The topological polar surface area (TPSA) is 33.2 Å². The molecule has 3 heterocycles. The molecular formula is C13H21N3OS. The monoisotopic (exact) mass is 267 g/mol. The van der Waals surface area contributed by atoms with Crippen molar-refractivity contribution in [3.8, 4) is 0 Å². The number of morpholine rings is 1. The molecule has 1 N–H and O–H groups in total. The second-order valence-corrected chi connectivity index (χ2v) is 5.68. The van der Waals surface area contributed by atoms with E-state index in [1.165, 1.54) is 25.1 Å². The van der Waals surface area contributed by atoms with Crippen LogP contribution in [0.4, 0.5) is 0 Å². The van der Waals surface area contributed by atoms with Gasteiger partial charge in [0.1, 0.15) is 0 Å². The minimum atomic E-state index is 0.284. The number of hydrogen-bond donors (Lipinski definition) is 1. The van der Waals surface area contributed by atoms with Crippen molar-refractivity contribution < 1.29 is 4.74 Å². The molecule has 2 saturated heterocycles. The molecule has 0 saturated carbocycles. The second kappa shape index (κ2) is 5.15. The second-order valence-electron chi connectivity index (χ2n) is 5.30. The average Bonchev–Trinajstić information content (AvgIpc) is 2.97. The summed E-state index contributed by atoms with van der Waals surface area (Å²) in [6.45, 7) is 6.23. The molecule has 1 aromatic heterocycles. The van der Waals surface area contributed by atoms with Gasteiger partial charge in [0.2, 0.25) is 0 Å². The Bertz CT molecular complexity index is 467. The summed E-state index contributed by atoms with van der Waals surface area (Å²) in [7, 11) is 0. The number of H-pyrrole nitrogens is 1. The summed E-state index contributed by atoms with van der Waals surface area (Å²) in [6, 6.07) is 0.672. The molecule has 2 atom stereocenters. The maximum Gasteiger partial charge on any atom is 0.177 e. The van der Waals surface area contributed by atoms with Gasteiger partial charge < -0.3 is 14.3 Å². The lowest BCUT2D eigenvalue weighted by atomic mass is 10.2. The highest BCUT2D eigenvalue weighted by Crippen LogP contribution is 2.23. The fourth-order valence-electron chi connectivity index (χ4n) is 3.12. The van der Waals surface area contributed by atoms with Gasteiger partial charge in [-0.1, -0.05) is 6.92 Å². The van der Waals surface area contributed by atoms with Crippen molar-refractivity contribution in [2.45, 2.75) is 44.9 Å². The molecule has 0 spiro atoms. The van der Waals surface area contributed by atoms with Crippen LogP contribution in [0.15, 0.2) is 6.20 Å². The Morgan fingerprint density at radius 1 is 1.56 bits per heavy atom. The highest BCUT2D eigenvalue weighted by atomic mass is 32.1. The van der Waals surface area contributed by atoms with E-state index in [0.717, 1.165) is 30.9 Å². The largest absolute Gasteiger partial charge is 0.373 e. The number of rotatable bonds is 3. The SMILES string of the molecule is CCc1c[nH]c(=S)n1CC1CN2CCCC2CO1. The number of hydrogen-bond acceptors (Lipinski definition) is 3. The van der Waals surface area contributed by atoms with Gasteiger partial charge in [0.25, 0.3) is 0 Å². The molecule has 4 nitrogen and oxygen atoms in total. The van der Waals surface area contributed by atoms with Crippen LogP contribution in [-0.2, 0) is 17.7 Å². The first-order valence-electron chi connectivity index (χ1n) is 6.90. The standard InChI is InChI=1S/C13H21N3OS/c1-2-10-6-14-13(18)16(10)8-12-7-15-5-3-4-11(15)9-17-12/h6,11-12H,2-5,7-9H2,1H3,(H,14,18). The van der Waals surface area contributed by atoms with Crippen molar-refractivity contribution in [3.05, 3.63) is 16.7 Å². The quantitative estimate of drug-likeness (QED) is 0.850. The third-order valence-electron chi connectivity index (χ3n) is 4.16. The smallest absolute Gasteiger partial charge is 0.177 e. The molecule has 2 aliphatic rings. The van der Waals surface area contributed by atoms with Crippen LogP contribution in [0.1, 0.15) is 25.5 Å². The molecule has 18 heavy (non-hydrogen) atoms. The molecular weight excluding hydrogens is 246 g/mol. The molecule has 3 rings (SSSR count). The van der Waals surface area contributed by atoms with Gasteiger partial charge >= 0.3 is 0 Å². The van der Waals surface area contributed by atoms with Gasteiger partial charge in [-0.15, -0.1) is 0 Å². The van der Waals surface area contributed by atoms with Crippen molar-refractivity contribution in [2.75, 3.05) is 19.7 Å². The van der Waals surface area contributed by atoms with Crippen LogP contribution in [0, 0.1) is 4.77 Å². The predicted octanol–water partition coefficient (Wildman–Crippen LogP) is 1.97. The third kappa shape index (κ3) is 2.27. The zero-order chi connectivity index (χ0) is 12.5. The fraction of sp³-hybridized carbons (Fsp3) is 0.769. The van der Waals surface area contributed by atoms with Crippen molar-refractivity contribution >= 4 is 12.2 Å². The number of nitrogens with one attached hydrogen (secondary N) is 1. The van der Waals surface area contributed by atoms with Crippen LogP contribution in [0.25, 0.3) is 0 Å². The molecule has 0 radical (unpaired) electrons. The van der Waals surface area contributed by atoms with E-state index in [1.807, 2.05) is 6.20 Å². The highest BCUT2D eigenvalue weighted by Gasteiger charge is 2.32. The van der Waals surface area contributed by atoms with E-state index in [1.54, 1.807) is 0 Å². The molecule has 2 aliphatic heterocycles. The van der Waals surface area contributed by atoms with Gasteiger partial charge in [0.15, 0.2) is 4.77 Å². The van der Waals surface area contributed by atoms with Crippen LogP contribution >= 0.6 is 12.2 Å². The van der Waals surface area contributed by atoms with E-state index in [4.69, 9.17) is 17.0 Å². The van der Waals surface area contributed by atoms with Gasteiger partial charge in [-0.25, -0.2) is 0 Å². The van der Waals surface area contributed by atoms with Crippen LogP contribution in [-0.4, -0.2) is 46.3 Å². The number of ether oxygens (including phenoxy) is 1. The van der Waals surface area contributed by atoms with Gasteiger partial charge in [-0.3, -0.25) is 4.90 Å². The van der Waals surface area contributed by atoms with E-state index in [0.29, 0.717) is 6.04 Å². The minimum absolute atomic E-state index is 0.284. The molecule has 0 bridgehead atoms. The first kappa shape index (κ1) is 12.4. The fourth-order valence-corrected chi connectivity index (χ4v) is 3.37. The van der Waals surface area contributed by atoms with Gasteiger partial charge in [0, 0.05) is 24.5 Å². The Morgan fingerprint density at radius 2 is 2.44 bits per heavy atom. The molecule has 0 aromatic carbocycles. The van der Waals surface area contributed by atoms with Crippen molar-refractivity contribution in [2.24, 2.45) is 0 Å². The van der Waals surface area contributed by atoms with Gasteiger partial charge in [-0.05, 0) is 38.0 Å². The molecule has 0 amide bonds. The van der Waals surface area contributed by atoms with Crippen LogP contribution in [0.5, 0.6) is 0 Å². The molecule has 1 aromatic rings.